The van der Waals surface area contributed by atoms with Crippen LogP contribution in [0.2, 0.25) is 0 Å². The molecule has 0 saturated carbocycles. The van der Waals surface area contributed by atoms with Gasteiger partial charge in [0.25, 0.3) is 0 Å². The third-order valence-electron chi connectivity index (χ3n) is 2.95. The lowest BCUT2D eigenvalue weighted by molar-refractivity contribution is 0.0386. The standard InChI is InChI=1S/C12H15NO4.ClH/c1-12(2)6-17-11(16)13-10(12)7-3-4-8(14)9(15)5-7;/h3-5,10,14-15H,6H2,1-2H3,(H,13,16);1H/t10-;/m1./s1. The van der Waals surface area contributed by atoms with E-state index in [-0.39, 0.29) is 35.4 Å². The fraction of sp³-hybridized carbons (Fsp3) is 0.417. The Hall–Kier alpha value is -1.62. The maximum atomic E-state index is 11.2. The summed E-state index contributed by atoms with van der Waals surface area (Å²) in [5, 5.41) is 21.5. The van der Waals surface area contributed by atoms with Crippen LogP contribution in [-0.2, 0) is 4.74 Å². The molecule has 1 aromatic carbocycles. The van der Waals surface area contributed by atoms with Crippen LogP contribution in [-0.4, -0.2) is 22.9 Å². The zero-order valence-electron chi connectivity index (χ0n) is 10.1. The predicted molar refractivity (Wildman–Crippen MR) is 68.0 cm³/mol. The summed E-state index contributed by atoms with van der Waals surface area (Å²) in [7, 11) is 0. The van der Waals surface area contributed by atoms with E-state index in [0.29, 0.717) is 6.61 Å². The number of alkyl carbamates (subject to hydrolysis) is 1. The van der Waals surface area contributed by atoms with E-state index in [2.05, 4.69) is 5.32 Å². The Morgan fingerprint density at radius 3 is 2.61 bits per heavy atom. The van der Waals surface area contributed by atoms with Crippen molar-refractivity contribution >= 4 is 18.5 Å². The van der Waals surface area contributed by atoms with Crippen molar-refractivity contribution < 1.29 is 19.7 Å². The Balaban J connectivity index is 0.00000162. The van der Waals surface area contributed by atoms with Crippen molar-refractivity contribution in [3.8, 4) is 11.5 Å². The number of aromatic hydroxyl groups is 2. The molecule has 1 fully saturated rings. The monoisotopic (exact) mass is 273 g/mol. The van der Waals surface area contributed by atoms with Gasteiger partial charge in [0.2, 0.25) is 0 Å². The maximum Gasteiger partial charge on any atom is 0.407 e. The molecule has 1 atom stereocenters. The van der Waals surface area contributed by atoms with Crippen LogP contribution in [0.4, 0.5) is 4.79 Å². The molecule has 0 bridgehead atoms. The average Bonchev–Trinajstić information content (AvgIpc) is 2.26. The fourth-order valence-corrected chi connectivity index (χ4v) is 1.94. The third kappa shape index (κ3) is 2.61. The van der Waals surface area contributed by atoms with Crippen LogP contribution in [0.25, 0.3) is 0 Å². The number of carbonyl (C=O) groups is 1. The molecule has 0 aromatic heterocycles. The molecule has 5 nitrogen and oxygen atoms in total. The van der Waals surface area contributed by atoms with Gasteiger partial charge in [0.15, 0.2) is 11.5 Å². The number of phenols is 2. The Morgan fingerprint density at radius 2 is 2.00 bits per heavy atom. The van der Waals surface area contributed by atoms with Gasteiger partial charge >= 0.3 is 6.09 Å². The second kappa shape index (κ2) is 4.94. The zero-order chi connectivity index (χ0) is 12.6. The first-order valence-electron chi connectivity index (χ1n) is 5.35. The highest BCUT2D eigenvalue weighted by Crippen LogP contribution is 2.38. The summed E-state index contributed by atoms with van der Waals surface area (Å²) in [6.07, 6.45) is -0.470. The lowest BCUT2D eigenvalue weighted by Crippen LogP contribution is -2.46. The van der Waals surface area contributed by atoms with Gasteiger partial charge in [-0.1, -0.05) is 19.9 Å². The molecule has 3 N–H and O–H groups in total. The number of ether oxygens (including phenoxy) is 1. The van der Waals surface area contributed by atoms with Gasteiger partial charge in [-0.05, 0) is 17.7 Å². The Labute approximate surface area is 111 Å². The number of cyclic esters (lactones) is 1. The summed E-state index contributed by atoms with van der Waals surface area (Å²) < 4.78 is 4.94. The predicted octanol–water partition coefficient (Wildman–Crippen LogP) is 2.33. The average molecular weight is 274 g/mol. The van der Waals surface area contributed by atoms with Gasteiger partial charge in [-0.15, -0.1) is 12.4 Å². The first-order chi connectivity index (χ1) is 7.90. The van der Waals surface area contributed by atoms with Gasteiger partial charge in [-0.25, -0.2) is 4.79 Å². The zero-order valence-corrected chi connectivity index (χ0v) is 11.0. The molecule has 0 aliphatic carbocycles. The number of nitrogens with one attached hydrogen (secondary N) is 1. The molecule has 1 aliphatic rings. The highest BCUT2D eigenvalue weighted by Gasteiger charge is 2.38. The summed E-state index contributed by atoms with van der Waals surface area (Å²) in [4.78, 5) is 11.2. The first-order valence-corrected chi connectivity index (χ1v) is 5.35. The van der Waals surface area contributed by atoms with Gasteiger partial charge in [0, 0.05) is 5.41 Å². The van der Waals surface area contributed by atoms with E-state index in [1.807, 2.05) is 13.8 Å². The quantitative estimate of drug-likeness (QED) is 0.686. The molecule has 18 heavy (non-hydrogen) atoms. The Bertz CT molecular complexity index is 461. The largest absolute Gasteiger partial charge is 0.504 e. The number of rotatable bonds is 1. The second-order valence-electron chi connectivity index (χ2n) is 4.89. The van der Waals surface area contributed by atoms with Gasteiger partial charge in [-0.2, -0.15) is 0 Å². The third-order valence-corrected chi connectivity index (χ3v) is 2.95. The molecule has 0 unspecified atom stereocenters. The van der Waals surface area contributed by atoms with E-state index < -0.39 is 6.09 Å². The van der Waals surface area contributed by atoms with Crippen molar-refractivity contribution in [2.75, 3.05) is 6.61 Å². The molecular weight excluding hydrogens is 258 g/mol. The van der Waals surface area contributed by atoms with Crippen molar-refractivity contribution in [1.82, 2.24) is 5.32 Å². The van der Waals surface area contributed by atoms with Gasteiger partial charge in [0.05, 0.1) is 6.04 Å². The molecule has 1 aromatic rings. The molecule has 0 radical (unpaired) electrons. The number of hydrogen-bond acceptors (Lipinski definition) is 4. The molecule has 1 heterocycles. The van der Waals surface area contributed by atoms with Gasteiger partial charge in [0.1, 0.15) is 6.61 Å². The number of amides is 1. The number of benzene rings is 1. The van der Waals surface area contributed by atoms with Crippen molar-refractivity contribution in [2.24, 2.45) is 5.41 Å². The number of phenolic OH excluding ortho intramolecular Hbond substituents is 2. The minimum atomic E-state index is -0.470. The van der Waals surface area contributed by atoms with Crippen molar-refractivity contribution in [3.63, 3.8) is 0 Å². The molecular formula is C12H16ClNO4. The minimum absolute atomic E-state index is 0. The van der Waals surface area contributed by atoms with Crippen LogP contribution in [0.15, 0.2) is 18.2 Å². The van der Waals surface area contributed by atoms with E-state index in [1.165, 1.54) is 12.1 Å². The van der Waals surface area contributed by atoms with E-state index in [0.717, 1.165) is 5.56 Å². The van der Waals surface area contributed by atoms with Gasteiger partial charge < -0.3 is 20.3 Å². The first kappa shape index (κ1) is 14.4. The minimum Gasteiger partial charge on any atom is -0.504 e. The van der Waals surface area contributed by atoms with E-state index in [4.69, 9.17) is 4.74 Å². The molecule has 2 rings (SSSR count). The molecule has 100 valence electrons. The van der Waals surface area contributed by atoms with Crippen molar-refractivity contribution in [3.05, 3.63) is 23.8 Å². The number of hydrogen-bond donors (Lipinski definition) is 3. The highest BCUT2D eigenvalue weighted by atomic mass is 35.5. The lowest BCUT2D eigenvalue weighted by Gasteiger charge is -2.38. The van der Waals surface area contributed by atoms with Crippen LogP contribution in [0.1, 0.15) is 25.5 Å². The smallest absolute Gasteiger partial charge is 0.407 e. The molecule has 0 spiro atoms. The lowest BCUT2D eigenvalue weighted by atomic mass is 9.80. The second-order valence-corrected chi connectivity index (χ2v) is 4.89. The highest BCUT2D eigenvalue weighted by molar-refractivity contribution is 5.85. The summed E-state index contributed by atoms with van der Waals surface area (Å²) >= 11 is 0. The van der Waals surface area contributed by atoms with E-state index in [9.17, 15) is 15.0 Å². The summed E-state index contributed by atoms with van der Waals surface area (Å²) in [6.45, 7) is 4.23. The Kier molecular flexibility index (Phi) is 3.96. The number of carbonyl (C=O) groups excluding carboxylic acids is 1. The fourth-order valence-electron chi connectivity index (χ4n) is 1.94. The van der Waals surface area contributed by atoms with Crippen molar-refractivity contribution in [2.45, 2.75) is 19.9 Å². The normalized spacial score (nSPS) is 21.4. The van der Waals surface area contributed by atoms with Crippen LogP contribution in [0.5, 0.6) is 11.5 Å². The summed E-state index contributed by atoms with van der Waals surface area (Å²) in [5.41, 5.74) is 0.457. The van der Waals surface area contributed by atoms with Crippen LogP contribution >= 0.6 is 12.4 Å². The SMILES string of the molecule is CC1(C)COC(=O)N[C@@H]1c1ccc(O)c(O)c1.Cl. The van der Waals surface area contributed by atoms with Crippen molar-refractivity contribution in [1.29, 1.82) is 0 Å². The van der Waals surface area contributed by atoms with Crippen LogP contribution in [0, 0.1) is 5.41 Å². The van der Waals surface area contributed by atoms with Crippen LogP contribution in [0.3, 0.4) is 0 Å². The number of halogens is 1. The topological polar surface area (TPSA) is 78.8 Å². The summed E-state index contributed by atoms with van der Waals surface area (Å²) in [5.74, 6) is -0.371. The van der Waals surface area contributed by atoms with E-state index >= 15 is 0 Å². The molecule has 1 saturated heterocycles. The van der Waals surface area contributed by atoms with E-state index in [1.54, 1.807) is 6.07 Å². The van der Waals surface area contributed by atoms with Gasteiger partial charge in [-0.3, -0.25) is 0 Å². The van der Waals surface area contributed by atoms with Crippen LogP contribution < -0.4 is 5.32 Å². The summed E-state index contributed by atoms with van der Waals surface area (Å²) in [6, 6.07) is 4.28. The maximum absolute atomic E-state index is 11.2. The Morgan fingerprint density at radius 1 is 1.33 bits per heavy atom. The molecule has 1 aliphatic heterocycles. The molecule has 6 heteroatoms. The molecule has 1 amide bonds.